The average molecular weight is 320 g/mol. The van der Waals surface area contributed by atoms with Crippen LogP contribution in [0.15, 0.2) is 24.4 Å². The lowest BCUT2D eigenvalue weighted by Gasteiger charge is -2.12. The molecule has 0 bridgehead atoms. The Morgan fingerprint density at radius 1 is 1.32 bits per heavy atom. The highest BCUT2D eigenvalue weighted by molar-refractivity contribution is 7.18. The van der Waals surface area contributed by atoms with Gasteiger partial charge in [0, 0.05) is 12.8 Å². The fourth-order valence-corrected chi connectivity index (χ4v) is 2.35. The van der Waals surface area contributed by atoms with E-state index in [1.54, 1.807) is 13.1 Å². The van der Waals surface area contributed by atoms with Crippen molar-refractivity contribution in [2.24, 2.45) is 5.92 Å². The maximum atomic E-state index is 12.0. The van der Waals surface area contributed by atoms with E-state index in [2.05, 4.69) is 34.3 Å². The van der Waals surface area contributed by atoms with Gasteiger partial charge in [0.1, 0.15) is 11.8 Å². The van der Waals surface area contributed by atoms with Crippen molar-refractivity contribution in [3.8, 4) is 10.7 Å². The fraction of sp³-hybridized carbons (Fsp3) is 0.467. The van der Waals surface area contributed by atoms with Crippen LogP contribution in [-0.2, 0) is 9.53 Å². The molecule has 0 fully saturated rings. The first kappa shape index (κ1) is 16.5. The monoisotopic (exact) mass is 320 g/mol. The summed E-state index contributed by atoms with van der Waals surface area (Å²) < 4.78 is 5.51. The number of anilines is 1. The van der Waals surface area contributed by atoms with Crippen molar-refractivity contribution in [2.75, 3.05) is 11.9 Å². The third-order valence-corrected chi connectivity index (χ3v) is 3.83. The molecule has 0 saturated heterocycles. The first-order valence-electron chi connectivity index (χ1n) is 7.23. The Balaban J connectivity index is 1.88. The molecule has 22 heavy (non-hydrogen) atoms. The molecule has 1 N–H and O–H groups in total. The van der Waals surface area contributed by atoms with E-state index in [4.69, 9.17) is 4.74 Å². The van der Waals surface area contributed by atoms with Crippen LogP contribution in [0.25, 0.3) is 10.7 Å². The Morgan fingerprint density at radius 3 is 2.82 bits per heavy atom. The van der Waals surface area contributed by atoms with Crippen LogP contribution in [-0.4, -0.2) is 33.8 Å². The van der Waals surface area contributed by atoms with Crippen LogP contribution in [0.4, 0.5) is 5.13 Å². The van der Waals surface area contributed by atoms with E-state index in [0.29, 0.717) is 22.7 Å². The van der Waals surface area contributed by atoms with Gasteiger partial charge in [-0.1, -0.05) is 31.3 Å². The van der Waals surface area contributed by atoms with E-state index in [0.717, 1.165) is 12.1 Å². The zero-order chi connectivity index (χ0) is 15.9. The van der Waals surface area contributed by atoms with Gasteiger partial charge in [0.15, 0.2) is 5.01 Å². The minimum Gasteiger partial charge on any atom is -0.369 e. The van der Waals surface area contributed by atoms with Gasteiger partial charge in [-0.3, -0.25) is 15.1 Å². The van der Waals surface area contributed by atoms with Crippen molar-refractivity contribution in [3.63, 3.8) is 0 Å². The number of aromatic nitrogens is 3. The molecule has 2 heterocycles. The van der Waals surface area contributed by atoms with E-state index in [9.17, 15) is 4.79 Å². The lowest BCUT2D eigenvalue weighted by molar-refractivity contribution is -0.126. The summed E-state index contributed by atoms with van der Waals surface area (Å²) in [5.74, 6) is 0.340. The van der Waals surface area contributed by atoms with Gasteiger partial charge in [0.25, 0.3) is 5.91 Å². The average Bonchev–Trinajstić information content (AvgIpc) is 2.96. The molecular weight excluding hydrogens is 300 g/mol. The van der Waals surface area contributed by atoms with Crippen LogP contribution in [0.3, 0.4) is 0 Å². The summed E-state index contributed by atoms with van der Waals surface area (Å²) in [6.07, 6.45) is 2.11. The largest absolute Gasteiger partial charge is 0.369 e. The van der Waals surface area contributed by atoms with Gasteiger partial charge in [0.2, 0.25) is 5.13 Å². The molecule has 1 amide bonds. The summed E-state index contributed by atoms with van der Waals surface area (Å²) in [4.78, 5) is 16.2. The second kappa shape index (κ2) is 7.95. The standard InChI is InChI=1S/C15H20N4O2S/c1-10(2)7-9-21-11(3)13(20)17-15-19-18-14(22-15)12-6-4-5-8-16-12/h4-6,8,10-11H,7,9H2,1-3H3,(H,17,19,20)/t11-/m0/s1. The second-order valence-electron chi connectivity index (χ2n) is 5.31. The molecule has 0 unspecified atom stereocenters. The third kappa shape index (κ3) is 4.85. The van der Waals surface area contributed by atoms with E-state index in [1.165, 1.54) is 11.3 Å². The summed E-state index contributed by atoms with van der Waals surface area (Å²) >= 11 is 1.29. The number of amides is 1. The first-order chi connectivity index (χ1) is 10.6. The first-order valence-corrected chi connectivity index (χ1v) is 8.05. The summed E-state index contributed by atoms with van der Waals surface area (Å²) in [5, 5.41) is 11.8. The molecule has 0 radical (unpaired) electrons. The molecule has 6 nitrogen and oxygen atoms in total. The number of carbonyl (C=O) groups excluding carboxylic acids is 1. The molecule has 118 valence electrons. The smallest absolute Gasteiger partial charge is 0.255 e. The van der Waals surface area contributed by atoms with Crippen LogP contribution in [0.2, 0.25) is 0 Å². The SMILES string of the molecule is CC(C)CCO[C@@H](C)C(=O)Nc1nnc(-c2ccccn2)s1. The van der Waals surface area contributed by atoms with Gasteiger partial charge in [-0.15, -0.1) is 10.2 Å². The maximum absolute atomic E-state index is 12.0. The molecule has 0 spiro atoms. The topological polar surface area (TPSA) is 77.0 Å². The van der Waals surface area contributed by atoms with Gasteiger partial charge in [-0.2, -0.15) is 0 Å². The Bertz CT molecular complexity index is 601. The number of pyridine rings is 1. The molecule has 0 aliphatic carbocycles. The molecule has 0 aromatic carbocycles. The highest BCUT2D eigenvalue weighted by Crippen LogP contribution is 2.24. The van der Waals surface area contributed by atoms with E-state index < -0.39 is 6.10 Å². The van der Waals surface area contributed by atoms with Crippen LogP contribution >= 0.6 is 11.3 Å². The van der Waals surface area contributed by atoms with Gasteiger partial charge in [-0.05, 0) is 31.4 Å². The molecule has 1 atom stereocenters. The Labute approximate surface area is 134 Å². The number of rotatable bonds is 7. The van der Waals surface area contributed by atoms with Crippen molar-refractivity contribution in [1.82, 2.24) is 15.2 Å². The second-order valence-corrected chi connectivity index (χ2v) is 6.29. The van der Waals surface area contributed by atoms with Crippen LogP contribution in [0.5, 0.6) is 0 Å². The quantitative estimate of drug-likeness (QED) is 0.848. The molecule has 2 rings (SSSR count). The number of hydrogen-bond donors (Lipinski definition) is 1. The van der Waals surface area contributed by atoms with Gasteiger partial charge in [0.05, 0.1) is 0 Å². The number of nitrogens with zero attached hydrogens (tertiary/aromatic N) is 3. The van der Waals surface area contributed by atoms with Gasteiger partial charge < -0.3 is 4.74 Å². The zero-order valence-corrected chi connectivity index (χ0v) is 13.8. The molecule has 2 aromatic heterocycles. The summed E-state index contributed by atoms with van der Waals surface area (Å²) in [6.45, 7) is 6.54. The molecule has 7 heteroatoms. The summed E-state index contributed by atoms with van der Waals surface area (Å²) in [7, 11) is 0. The lowest BCUT2D eigenvalue weighted by Crippen LogP contribution is -2.28. The molecular formula is C15H20N4O2S. The third-order valence-electron chi connectivity index (χ3n) is 2.97. The summed E-state index contributed by atoms with van der Waals surface area (Å²) in [6, 6.07) is 5.57. The molecule has 2 aromatic rings. The van der Waals surface area contributed by atoms with Crippen molar-refractivity contribution < 1.29 is 9.53 Å². The Morgan fingerprint density at radius 2 is 2.14 bits per heavy atom. The lowest BCUT2D eigenvalue weighted by atomic mass is 10.1. The fourth-order valence-electron chi connectivity index (χ4n) is 1.63. The van der Waals surface area contributed by atoms with Crippen molar-refractivity contribution in [3.05, 3.63) is 24.4 Å². The number of carbonyl (C=O) groups is 1. The Hall–Kier alpha value is -1.86. The number of ether oxygens (including phenoxy) is 1. The maximum Gasteiger partial charge on any atom is 0.255 e. The highest BCUT2D eigenvalue weighted by atomic mass is 32.1. The zero-order valence-electron chi connectivity index (χ0n) is 12.9. The highest BCUT2D eigenvalue weighted by Gasteiger charge is 2.16. The van der Waals surface area contributed by atoms with Crippen LogP contribution in [0, 0.1) is 5.92 Å². The minimum absolute atomic E-state index is 0.215. The van der Waals surface area contributed by atoms with Crippen molar-refractivity contribution in [2.45, 2.75) is 33.3 Å². The van der Waals surface area contributed by atoms with Gasteiger partial charge in [-0.25, -0.2) is 0 Å². The number of hydrogen-bond acceptors (Lipinski definition) is 6. The summed E-state index contributed by atoms with van der Waals surface area (Å²) in [5.41, 5.74) is 0.738. The Kier molecular flexibility index (Phi) is 5.97. The van der Waals surface area contributed by atoms with Crippen molar-refractivity contribution >= 4 is 22.4 Å². The van der Waals surface area contributed by atoms with Gasteiger partial charge >= 0.3 is 0 Å². The van der Waals surface area contributed by atoms with Crippen molar-refractivity contribution in [1.29, 1.82) is 0 Å². The normalized spacial score (nSPS) is 12.4. The van der Waals surface area contributed by atoms with E-state index >= 15 is 0 Å². The van der Waals surface area contributed by atoms with Crippen LogP contribution in [0.1, 0.15) is 27.2 Å². The molecule has 0 aliphatic heterocycles. The molecule has 0 saturated carbocycles. The van der Waals surface area contributed by atoms with E-state index in [1.807, 2.05) is 18.2 Å². The minimum atomic E-state index is -0.513. The number of nitrogens with one attached hydrogen (secondary N) is 1. The van der Waals surface area contributed by atoms with E-state index in [-0.39, 0.29) is 5.91 Å². The predicted octanol–water partition coefficient (Wildman–Crippen LogP) is 2.99. The molecule has 0 aliphatic rings. The predicted molar refractivity (Wildman–Crippen MR) is 86.6 cm³/mol. The van der Waals surface area contributed by atoms with Crippen LogP contribution < -0.4 is 5.32 Å².